The van der Waals surface area contributed by atoms with E-state index in [1.165, 1.54) is 0 Å². The summed E-state index contributed by atoms with van der Waals surface area (Å²) in [7, 11) is 0. The van der Waals surface area contributed by atoms with Gasteiger partial charge in [-0.15, -0.1) is 0 Å². The summed E-state index contributed by atoms with van der Waals surface area (Å²) in [4.78, 5) is 26.9. The van der Waals surface area contributed by atoms with Crippen LogP contribution in [0.4, 0.5) is 0 Å². The van der Waals surface area contributed by atoms with Crippen LogP contribution in [-0.4, -0.2) is 145 Å². The molecule has 4 aliphatic carbocycles. The average Bonchev–Trinajstić information content (AvgIpc) is 3.51. The largest absolute Gasteiger partial charge is 0.456 e. The maximum absolute atomic E-state index is 14.3. The molecule has 0 spiro atoms. The number of hydrogen-bond donors (Lipinski definition) is 8. The van der Waals surface area contributed by atoms with E-state index in [2.05, 4.69) is 13.0 Å². The highest BCUT2D eigenvalue weighted by Gasteiger charge is 2.64. The highest BCUT2D eigenvalue weighted by atomic mass is 16.7. The molecule has 19 unspecified atom stereocenters. The molecule has 7 rings (SSSR count). The van der Waals surface area contributed by atoms with Gasteiger partial charge >= 0.3 is 5.97 Å². The van der Waals surface area contributed by atoms with Gasteiger partial charge in [0.05, 0.1) is 24.7 Å². The molecule has 0 aromatic heterocycles. The van der Waals surface area contributed by atoms with Crippen LogP contribution in [0, 0.1) is 34.5 Å². The maximum atomic E-state index is 14.3. The summed E-state index contributed by atoms with van der Waals surface area (Å²) in [6, 6.07) is 0. The number of Topliss-reactive ketones (excluding diaryl/α,β-unsaturated/α-hetero) is 1. The molecule has 15 nitrogen and oxygen atoms in total. The van der Waals surface area contributed by atoms with Gasteiger partial charge in [0.1, 0.15) is 66.3 Å². The molecule has 3 saturated carbocycles. The van der Waals surface area contributed by atoms with Crippen molar-refractivity contribution < 1.29 is 74.1 Å². The fourth-order valence-corrected chi connectivity index (χ4v) is 11.7. The third-order valence-electron chi connectivity index (χ3n) is 15.2. The zero-order chi connectivity index (χ0) is 39.9. The van der Waals surface area contributed by atoms with Gasteiger partial charge in [0.15, 0.2) is 12.6 Å². The van der Waals surface area contributed by atoms with Gasteiger partial charge in [-0.1, -0.05) is 24.1 Å². The lowest BCUT2D eigenvalue weighted by Crippen LogP contribution is -2.62. The van der Waals surface area contributed by atoms with E-state index in [9.17, 15) is 50.4 Å². The summed E-state index contributed by atoms with van der Waals surface area (Å²) >= 11 is 0. The summed E-state index contributed by atoms with van der Waals surface area (Å²) in [6.07, 6.45) is -9.42. The standard InChI is InChI=1S/C40H60O15/c1-17-12-28(55-35(49)18(17)2)40(5,50)26-9-8-22-21-7-6-19-13-20(14-27(42)39(19,4)23(21)10-11-38(22,26)3)52-37-34(48)32(46)30(44)25(54-37)16-51-36-33(47)31(45)29(43)24(15-41)53-36/h6,20-26,28-34,36-37,41,43-48,50H,7-16H2,1-5H3. The van der Waals surface area contributed by atoms with Crippen molar-refractivity contribution in [2.45, 2.75) is 165 Å². The minimum Gasteiger partial charge on any atom is -0.456 e. The third-order valence-corrected chi connectivity index (χ3v) is 15.2. The number of rotatable bonds is 8. The van der Waals surface area contributed by atoms with Crippen LogP contribution in [-0.2, 0) is 33.3 Å². The number of aliphatic hydroxyl groups excluding tert-OH is 7. The number of aliphatic hydroxyl groups is 8. The van der Waals surface area contributed by atoms with Crippen molar-refractivity contribution in [3.05, 3.63) is 22.8 Å². The molecule has 7 aliphatic rings. The van der Waals surface area contributed by atoms with Crippen molar-refractivity contribution in [3.63, 3.8) is 0 Å². The minimum absolute atomic E-state index is 0.0231. The lowest BCUT2D eigenvalue weighted by molar-refractivity contribution is -0.336. The van der Waals surface area contributed by atoms with Gasteiger partial charge in [0.25, 0.3) is 0 Å². The number of carbonyl (C=O) groups is 2. The Hall–Kier alpha value is -1.86. The lowest BCUT2D eigenvalue weighted by atomic mass is 9.46. The van der Waals surface area contributed by atoms with E-state index < -0.39 is 97.8 Å². The van der Waals surface area contributed by atoms with Crippen molar-refractivity contribution in [3.8, 4) is 0 Å². The van der Waals surface area contributed by atoms with Gasteiger partial charge in [0.2, 0.25) is 0 Å². The first-order valence-corrected chi connectivity index (χ1v) is 19.9. The normalized spacial score (nSPS) is 50.0. The molecular formula is C40H60O15. The first kappa shape index (κ1) is 41.3. The van der Waals surface area contributed by atoms with Gasteiger partial charge < -0.3 is 64.5 Å². The van der Waals surface area contributed by atoms with Crippen molar-refractivity contribution in [2.24, 2.45) is 34.5 Å². The Morgan fingerprint density at radius 2 is 1.49 bits per heavy atom. The first-order chi connectivity index (χ1) is 25.8. The Morgan fingerprint density at radius 3 is 2.16 bits per heavy atom. The van der Waals surface area contributed by atoms with E-state index in [0.717, 1.165) is 43.3 Å². The molecule has 310 valence electrons. The second-order valence-electron chi connectivity index (χ2n) is 18.1. The Bertz CT molecular complexity index is 1540. The maximum Gasteiger partial charge on any atom is 0.334 e. The summed E-state index contributed by atoms with van der Waals surface area (Å²) in [5.41, 5.74) is 0.398. The number of carbonyl (C=O) groups excluding carboxylic acids is 2. The summed E-state index contributed by atoms with van der Waals surface area (Å²) in [6.45, 7) is 8.68. The zero-order valence-corrected chi connectivity index (χ0v) is 32.3. The van der Waals surface area contributed by atoms with Crippen LogP contribution < -0.4 is 0 Å². The number of allylic oxidation sites excluding steroid dienone is 1. The van der Waals surface area contributed by atoms with Crippen molar-refractivity contribution in [1.29, 1.82) is 0 Å². The second-order valence-corrected chi connectivity index (χ2v) is 18.1. The molecule has 19 atom stereocenters. The van der Waals surface area contributed by atoms with Crippen molar-refractivity contribution in [1.82, 2.24) is 0 Å². The van der Waals surface area contributed by atoms with Crippen LogP contribution in [0.1, 0.15) is 86.0 Å². The highest BCUT2D eigenvalue weighted by Crippen LogP contribution is 2.67. The minimum atomic E-state index is -1.70. The SMILES string of the molecule is CC1=C(C)C(=O)OC(C(C)(O)C2CCC3C4CC=C5CC(OC6OC(COC7OC(CO)C(O)C(O)C7O)C(O)C(O)C6O)CC(=O)C5(C)C4CCC32C)C1. The number of cyclic esters (lactones) is 1. The van der Waals surface area contributed by atoms with Crippen LogP contribution in [0.3, 0.4) is 0 Å². The predicted octanol–water partition coefficient (Wildman–Crippen LogP) is 0.157. The van der Waals surface area contributed by atoms with E-state index in [1.54, 1.807) is 6.92 Å². The lowest BCUT2D eigenvalue weighted by Gasteiger charge is -2.58. The number of esters is 1. The number of fused-ring (bicyclic) bond motifs is 5. The topological polar surface area (TPSA) is 242 Å². The molecule has 8 N–H and O–H groups in total. The quantitative estimate of drug-likeness (QED) is 0.121. The molecule has 3 heterocycles. The molecular weight excluding hydrogens is 720 g/mol. The Balaban J connectivity index is 1.02. The second kappa shape index (κ2) is 15.1. The van der Waals surface area contributed by atoms with E-state index in [4.69, 9.17) is 23.7 Å². The van der Waals surface area contributed by atoms with E-state index in [0.29, 0.717) is 18.4 Å². The molecule has 2 saturated heterocycles. The summed E-state index contributed by atoms with van der Waals surface area (Å²) < 4.78 is 28.8. The Labute approximate surface area is 321 Å². The van der Waals surface area contributed by atoms with Gasteiger partial charge in [-0.05, 0) is 95.3 Å². The fraction of sp³-hybridized carbons (Fsp3) is 0.850. The van der Waals surface area contributed by atoms with Crippen LogP contribution in [0.2, 0.25) is 0 Å². The molecule has 3 aliphatic heterocycles. The van der Waals surface area contributed by atoms with Crippen LogP contribution >= 0.6 is 0 Å². The molecule has 15 heteroatoms. The Kier molecular flexibility index (Phi) is 11.3. The van der Waals surface area contributed by atoms with Gasteiger partial charge in [-0.25, -0.2) is 4.79 Å². The molecule has 0 bridgehead atoms. The smallest absolute Gasteiger partial charge is 0.334 e. The molecule has 0 aromatic rings. The zero-order valence-electron chi connectivity index (χ0n) is 32.3. The van der Waals surface area contributed by atoms with Crippen molar-refractivity contribution >= 4 is 11.8 Å². The van der Waals surface area contributed by atoms with Crippen LogP contribution in [0.15, 0.2) is 22.8 Å². The van der Waals surface area contributed by atoms with E-state index in [-0.39, 0.29) is 47.3 Å². The molecule has 55 heavy (non-hydrogen) atoms. The third kappa shape index (κ3) is 6.77. The van der Waals surface area contributed by atoms with E-state index >= 15 is 0 Å². The fourth-order valence-electron chi connectivity index (χ4n) is 11.7. The monoisotopic (exact) mass is 780 g/mol. The van der Waals surface area contributed by atoms with Crippen LogP contribution in [0.25, 0.3) is 0 Å². The first-order valence-electron chi connectivity index (χ1n) is 19.9. The summed E-state index contributed by atoms with van der Waals surface area (Å²) in [5, 5.41) is 84.4. The van der Waals surface area contributed by atoms with Gasteiger partial charge in [-0.3, -0.25) is 4.79 Å². The molecule has 0 radical (unpaired) electrons. The van der Waals surface area contributed by atoms with Gasteiger partial charge in [0, 0.05) is 18.4 Å². The molecule has 0 aromatic carbocycles. The summed E-state index contributed by atoms with van der Waals surface area (Å²) in [5.74, 6) is 0.188. The van der Waals surface area contributed by atoms with Gasteiger partial charge in [-0.2, -0.15) is 0 Å². The average molecular weight is 781 g/mol. The predicted molar refractivity (Wildman–Crippen MR) is 190 cm³/mol. The van der Waals surface area contributed by atoms with E-state index in [1.807, 2.05) is 20.8 Å². The number of ketones is 1. The van der Waals surface area contributed by atoms with Crippen molar-refractivity contribution in [2.75, 3.05) is 13.2 Å². The molecule has 0 amide bonds. The Morgan fingerprint density at radius 1 is 0.836 bits per heavy atom. The van der Waals surface area contributed by atoms with Crippen LogP contribution in [0.5, 0.6) is 0 Å². The molecule has 5 fully saturated rings. The number of hydrogen-bond acceptors (Lipinski definition) is 15. The number of ether oxygens (including phenoxy) is 5. The highest BCUT2D eigenvalue weighted by molar-refractivity contribution is 5.90.